The van der Waals surface area contributed by atoms with Gasteiger partial charge in [-0.25, -0.2) is 9.97 Å². The monoisotopic (exact) mass is 361 g/mol. The number of carbonyl (C=O) groups is 1. The second kappa shape index (κ2) is 8.60. The summed E-state index contributed by atoms with van der Waals surface area (Å²) in [5.41, 5.74) is 8.70. The van der Waals surface area contributed by atoms with Crippen molar-refractivity contribution in [3.63, 3.8) is 0 Å². The van der Waals surface area contributed by atoms with Gasteiger partial charge in [0.25, 0.3) is 5.91 Å². The number of carbonyl (C=O) groups excluding carboxylic acids is 1. The first-order valence-corrected chi connectivity index (χ1v) is 8.69. The molecule has 1 heterocycles. The molecule has 0 saturated heterocycles. The largest absolute Gasteiger partial charge is 0.364 e. The third kappa shape index (κ3) is 5.47. The zero-order chi connectivity index (χ0) is 17.5. The molecule has 0 aliphatic heterocycles. The van der Waals surface area contributed by atoms with E-state index >= 15 is 0 Å². The molecule has 24 heavy (non-hydrogen) atoms. The summed E-state index contributed by atoms with van der Waals surface area (Å²) in [4.78, 5) is 20.8. The van der Waals surface area contributed by atoms with Gasteiger partial charge in [-0.05, 0) is 49.8 Å². The number of thiocarbonyl (C=S) groups is 1. The zero-order valence-electron chi connectivity index (χ0n) is 13.7. The highest BCUT2D eigenvalue weighted by Gasteiger charge is 2.06. The van der Waals surface area contributed by atoms with Crippen molar-refractivity contribution in [1.82, 2.24) is 26.1 Å². The number of thioether (sulfide) groups is 1. The molecular weight excluding hydrogens is 342 g/mol. The lowest BCUT2D eigenvalue weighted by atomic mass is 10.1. The van der Waals surface area contributed by atoms with E-state index in [1.54, 1.807) is 30.9 Å². The molecule has 0 spiro atoms. The molecule has 0 aliphatic carbocycles. The number of amides is 1. The van der Waals surface area contributed by atoms with Crippen LogP contribution in [-0.2, 0) is 5.75 Å². The maximum absolute atomic E-state index is 11.9. The summed E-state index contributed by atoms with van der Waals surface area (Å²) < 4.78 is 0. The second-order valence-corrected chi connectivity index (χ2v) is 6.43. The van der Waals surface area contributed by atoms with Crippen LogP contribution in [0.1, 0.15) is 27.3 Å². The number of benzene rings is 1. The van der Waals surface area contributed by atoms with Gasteiger partial charge in [0.05, 0.1) is 0 Å². The Labute approximate surface area is 150 Å². The number of nitrogens with one attached hydrogen (secondary N) is 3. The van der Waals surface area contributed by atoms with Crippen molar-refractivity contribution >= 4 is 35.0 Å². The Morgan fingerprint density at radius 1 is 1.12 bits per heavy atom. The molecule has 3 N–H and O–H groups in total. The zero-order valence-corrected chi connectivity index (χ0v) is 15.3. The molecule has 6 nitrogen and oxygen atoms in total. The second-order valence-electron chi connectivity index (χ2n) is 5.08. The Bertz CT molecular complexity index is 713. The number of aryl methyl sites for hydroxylation is 2. The number of hydrogen-bond acceptors (Lipinski definition) is 5. The van der Waals surface area contributed by atoms with Gasteiger partial charge in [-0.3, -0.25) is 15.6 Å². The van der Waals surface area contributed by atoms with E-state index in [0.29, 0.717) is 10.7 Å². The maximum atomic E-state index is 11.9. The molecule has 1 aromatic heterocycles. The quantitative estimate of drug-likeness (QED) is 0.333. The van der Waals surface area contributed by atoms with Crippen LogP contribution in [0.2, 0.25) is 0 Å². The number of nitrogens with zero attached hydrogens (tertiary/aromatic N) is 2. The van der Waals surface area contributed by atoms with Gasteiger partial charge in [-0.15, -0.1) is 0 Å². The molecule has 0 saturated carbocycles. The minimum absolute atomic E-state index is 0.246. The normalized spacial score (nSPS) is 10.1. The molecule has 2 aromatic rings. The van der Waals surface area contributed by atoms with Gasteiger partial charge in [0.15, 0.2) is 10.3 Å². The van der Waals surface area contributed by atoms with Crippen LogP contribution in [0.4, 0.5) is 0 Å². The molecule has 0 fully saturated rings. The highest BCUT2D eigenvalue weighted by molar-refractivity contribution is 7.98. The number of rotatable bonds is 4. The number of aromatic nitrogens is 2. The van der Waals surface area contributed by atoms with Crippen LogP contribution in [0.3, 0.4) is 0 Å². The predicted octanol–water partition coefficient (Wildman–Crippen LogP) is 2.12. The summed E-state index contributed by atoms with van der Waals surface area (Å²) >= 11 is 6.46. The van der Waals surface area contributed by atoms with Gasteiger partial charge >= 0.3 is 0 Å². The van der Waals surface area contributed by atoms with Crippen molar-refractivity contribution in [2.24, 2.45) is 0 Å². The van der Waals surface area contributed by atoms with Crippen LogP contribution in [0.15, 0.2) is 35.5 Å². The Hall–Kier alpha value is -2.19. The Balaban J connectivity index is 1.92. The standard InChI is InChI=1S/C16H19N5OS2/c1-10-8-11(2)19-16(18-10)24-9-12-4-6-13(7-5-12)14(22)20-21-15(23)17-3/h4-8H,9H2,1-3H3,(H,20,22)(H2,17,21,23). The van der Waals surface area contributed by atoms with E-state index in [1.165, 1.54) is 0 Å². The number of hydrogen-bond donors (Lipinski definition) is 3. The molecule has 0 bridgehead atoms. The van der Waals surface area contributed by atoms with Crippen LogP contribution in [-0.4, -0.2) is 28.0 Å². The van der Waals surface area contributed by atoms with E-state index in [9.17, 15) is 4.79 Å². The Kier molecular flexibility index (Phi) is 6.51. The highest BCUT2D eigenvalue weighted by Crippen LogP contribution is 2.20. The molecule has 1 aromatic carbocycles. The van der Waals surface area contributed by atoms with E-state index in [4.69, 9.17) is 12.2 Å². The van der Waals surface area contributed by atoms with Gasteiger partial charge < -0.3 is 5.32 Å². The van der Waals surface area contributed by atoms with Gasteiger partial charge in [0.1, 0.15) is 0 Å². The topological polar surface area (TPSA) is 78.9 Å². The molecule has 8 heteroatoms. The van der Waals surface area contributed by atoms with E-state index < -0.39 is 0 Å². The lowest BCUT2D eigenvalue weighted by molar-refractivity contribution is 0.0944. The first-order valence-electron chi connectivity index (χ1n) is 7.30. The first-order chi connectivity index (χ1) is 11.5. The SMILES string of the molecule is CNC(=S)NNC(=O)c1ccc(CSc2nc(C)cc(C)n2)cc1. The minimum atomic E-state index is -0.246. The Morgan fingerprint density at radius 2 is 1.75 bits per heavy atom. The van der Waals surface area contributed by atoms with Crippen LogP contribution >= 0.6 is 24.0 Å². The molecule has 2 rings (SSSR count). The number of hydrazine groups is 1. The van der Waals surface area contributed by atoms with E-state index in [-0.39, 0.29) is 5.91 Å². The fourth-order valence-corrected chi connectivity index (χ4v) is 2.86. The van der Waals surface area contributed by atoms with Crippen molar-refractivity contribution in [3.8, 4) is 0 Å². The van der Waals surface area contributed by atoms with Crippen LogP contribution in [0, 0.1) is 13.8 Å². The molecular formula is C16H19N5OS2. The van der Waals surface area contributed by atoms with Crippen molar-refractivity contribution in [1.29, 1.82) is 0 Å². The smallest absolute Gasteiger partial charge is 0.269 e. The van der Waals surface area contributed by atoms with Crippen molar-refractivity contribution in [2.45, 2.75) is 24.8 Å². The van der Waals surface area contributed by atoms with Gasteiger partial charge in [-0.1, -0.05) is 23.9 Å². The summed E-state index contributed by atoms with van der Waals surface area (Å²) in [5.74, 6) is 0.497. The minimum Gasteiger partial charge on any atom is -0.364 e. The lowest BCUT2D eigenvalue weighted by Gasteiger charge is -2.09. The van der Waals surface area contributed by atoms with E-state index in [2.05, 4.69) is 26.1 Å². The van der Waals surface area contributed by atoms with Gasteiger partial charge in [-0.2, -0.15) is 0 Å². The average molecular weight is 361 g/mol. The van der Waals surface area contributed by atoms with Gasteiger partial charge in [0, 0.05) is 29.8 Å². The van der Waals surface area contributed by atoms with Crippen molar-refractivity contribution in [3.05, 3.63) is 52.8 Å². The average Bonchev–Trinajstić information content (AvgIpc) is 2.57. The van der Waals surface area contributed by atoms with E-state index in [1.807, 2.05) is 32.0 Å². The molecule has 126 valence electrons. The van der Waals surface area contributed by atoms with Crippen LogP contribution < -0.4 is 16.2 Å². The summed E-state index contributed by atoms with van der Waals surface area (Å²) in [6.07, 6.45) is 0. The van der Waals surface area contributed by atoms with Crippen molar-refractivity contribution < 1.29 is 4.79 Å². The lowest BCUT2D eigenvalue weighted by Crippen LogP contribution is -2.45. The highest BCUT2D eigenvalue weighted by atomic mass is 32.2. The first kappa shape index (κ1) is 18.2. The Morgan fingerprint density at radius 3 is 2.33 bits per heavy atom. The fraction of sp³-hybridized carbons (Fsp3) is 0.250. The summed E-state index contributed by atoms with van der Waals surface area (Å²) in [7, 11) is 1.67. The molecule has 0 radical (unpaired) electrons. The van der Waals surface area contributed by atoms with Crippen LogP contribution in [0.5, 0.6) is 0 Å². The third-order valence-electron chi connectivity index (χ3n) is 3.06. The fourth-order valence-electron chi connectivity index (χ4n) is 1.91. The molecule has 0 atom stereocenters. The molecule has 1 amide bonds. The van der Waals surface area contributed by atoms with E-state index in [0.717, 1.165) is 27.9 Å². The summed E-state index contributed by atoms with van der Waals surface area (Å²) in [6.45, 7) is 3.92. The molecule has 0 aliphatic rings. The van der Waals surface area contributed by atoms with Crippen LogP contribution in [0.25, 0.3) is 0 Å². The predicted molar refractivity (Wildman–Crippen MR) is 99.8 cm³/mol. The van der Waals surface area contributed by atoms with Crippen molar-refractivity contribution in [2.75, 3.05) is 7.05 Å². The third-order valence-corrected chi connectivity index (χ3v) is 4.29. The van der Waals surface area contributed by atoms with Gasteiger partial charge in [0.2, 0.25) is 0 Å². The molecule has 0 unspecified atom stereocenters. The summed E-state index contributed by atoms with van der Waals surface area (Å²) in [5, 5.41) is 3.83. The summed E-state index contributed by atoms with van der Waals surface area (Å²) in [6, 6.07) is 9.34. The maximum Gasteiger partial charge on any atom is 0.269 e.